The second-order valence-electron chi connectivity index (χ2n) is 5.21. The summed E-state index contributed by atoms with van der Waals surface area (Å²) in [5, 5.41) is 0.552. The average molecular weight is 380 g/mol. The smallest absolute Gasteiger partial charge is 0.254 e. The summed E-state index contributed by atoms with van der Waals surface area (Å²) in [5.74, 6) is -3.77. The topological polar surface area (TPSA) is 104 Å². The van der Waals surface area contributed by atoms with Crippen molar-refractivity contribution in [2.45, 2.75) is 6.61 Å². The number of carbonyl (C=O) groups is 1. The number of halogens is 3. The maximum Gasteiger partial charge on any atom is 0.254 e. The molecule has 0 bridgehead atoms. The van der Waals surface area contributed by atoms with Gasteiger partial charge in [-0.15, -0.1) is 0 Å². The van der Waals surface area contributed by atoms with Crippen LogP contribution in [0.1, 0.15) is 16.2 Å². The van der Waals surface area contributed by atoms with Crippen LogP contribution in [0, 0.1) is 11.6 Å². The molecule has 3 aromatic rings. The maximum absolute atomic E-state index is 14.1. The molecule has 0 aliphatic carbocycles. The van der Waals surface area contributed by atoms with Gasteiger partial charge in [0.2, 0.25) is 11.8 Å². The van der Waals surface area contributed by atoms with E-state index in [4.69, 9.17) is 32.2 Å². The number of carbonyl (C=O) groups excluding carboxylic acids is 1. The molecule has 1 aromatic heterocycles. The number of anilines is 1. The minimum atomic E-state index is -1.24. The molecule has 1 heterocycles. The normalized spacial score (nSPS) is 10.7. The lowest BCUT2D eigenvalue weighted by Gasteiger charge is -2.08. The quantitative estimate of drug-likeness (QED) is 0.705. The van der Waals surface area contributed by atoms with Gasteiger partial charge in [0.15, 0.2) is 18.2 Å². The number of oxazole rings is 1. The van der Waals surface area contributed by atoms with Crippen LogP contribution in [0.3, 0.4) is 0 Å². The highest BCUT2D eigenvalue weighted by Gasteiger charge is 2.20. The Kier molecular flexibility index (Phi) is 4.77. The first-order valence-electron chi connectivity index (χ1n) is 7.28. The summed E-state index contributed by atoms with van der Waals surface area (Å²) >= 11 is 5.83. The Labute approximate surface area is 151 Å². The second-order valence-corrected chi connectivity index (χ2v) is 5.65. The zero-order valence-corrected chi connectivity index (χ0v) is 13.9. The molecule has 26 heavy (non-hydrogen) atoms. The standard InChI is InChI=1S/C17H12ClF2N3O3/c18-9-3-1-8(2-4-9)15-17(22)26-12(23-15)7-25-11-6-5-10(19)13(14(11)20)16(21)24/h1-6H,7,22H2,(H2,21,24). The molecule has 0 atom stereocenters. The lowest BCUT2D eigenvalue weighted by atomic mass is 10.1. The Balaban J connectivity index is 1.81. The van der Waals surface area contributed by atoms with E-state index >= 15 is 0 Å². The van der Waals surface area contributed by atoms with Crippen molar-refractivity contribution < 1.29 is 22.7 Å². The van der Waals surface area contributed by atoms with E-state index in [-0.39, 0.29) is 24.1 Å². The predicted molar refractivity (Wildman–Crippen MR) is 90.6 cm³/mol. The van der Waals surface area contributed by atoms with Crippen LogP contribution < -0.4 is 16.2 Å². The van der Waals surface area contributed by atoms with Crippen molar-refractivity contribution >= 4 is 23.4 Å². The van der Waals surface area contributed by atoms with Crippen molar-refractivity contribution in [3.05, 3.63) is 64.5 Å². The van der Waals surface area contributed by atoms with Crippen LogP contribution >= 0.6 is 11.6 Å². The van der Waals surface area contributed by atoms with Crippen LogP contribution in [-0.2, 0) is 6.61 Å². The third kappa shape index (κ3) is 3.45. The highest BCUT2D eigenvalue weighted by Crippen LogP contribution is 2.28. The molecular formula is C17H12ClF2N3O3. The number of nitrogens with zero attached hydrogens (tertiary/aromatic N) is 1. The van der Waals surface area contributed by atoms with E-state index in [2.05, 4.69) is 4.98 Å². The number of nitrogens with two attached hydrogens (primary N) is 2. The number of amides is 1. The van der Waals surface area contributed by atoms with Crippen molar-refractivity contribution in [3.63, 3.8) is 0 Å². The monoisotopic (exact) mass is 379 g/mol. The molecule has 4 N–H and O–H groups in total. The number of hydrogen-bond donors (Lipinski definition) is 2. The summed E-state index contributed by atoms with van der Waals surface area (Å²) < 4.78 is 38.1. The van der Waals surface area contributed by atoms with E-state index in [1.54, 1.807) is 24.3 Å². The van der Waals surface area contributed by atoms with Gasteiger partial charge >= 0.3 is 0 Å². The van der Waals surface area contributed by atoms with E-state index in [0.29, 0.717) is 16.3 Å². The van der Waals surface area contributed by atoms with Gasteiger partial charge in [-0.3, -0.25) is 4.79 Å². The van der Waals surface area contributed by atoms with Crippen molar-refractivity contribution in [2.75, 3.05) is 5.73 Å². The zero-order valence-electron chi connectivity index (χ0n) is 13.1. The SMILES string of the molecule is NC(=O)c1c(F)ccc(OCc2nc(-c3ccc(Cl)cc3)c(N)o2)c1F. The molecule has 0 aliphatic heterocycles. The third-order valence-electron chi connectivity index (χ3n) is 3.47. The molecule has 0 saturated heterocycles. The number of nitrogen functional groups attached to an aromatic ring is 1. The van der Waals surface area contributed by atoms with Gasteiger partial charge < -0.3 is 20.6 Å². The molecule has 9 heteroatoms. The minimum absolute atomic E-state index is 0.0447. The Morgan fingerprint density at radius 2 is 1.88 bits per heavy atom. The van der Waals surface area contributed by atoms with Crippen LogP contribution in [-0.4, -0.2) is 10.9 Å². The van der Waals surface area contributed by atoms with Gasteiger partial charge in [0, 0.05) is 10.6 Å². The first kappa shape index (κ1) is 17.7. The lowest BCUT2D eigenvalue weighted by molar-refractivity contribution is 0.0991. The van der Waals surface area contributed by atoms with Crippen molar-refractivity contribution in [3.8, 4) is 17.0 Å². The van der Waals surface area contributed by atoms with Crippen molar-refractivity contribution in [1.82, 2.24) is 4.98 Å². The summed E-state index contributed by atoms with van der Waals surface area (Å²) in [6.45, 7) is -0.293. The molecule has 0 radical (unpaired) electrons. The van der Waals surface area contributed by atoms with Gasteiger partial charge in [-0.05, 0) is 24.3 Å². The number of benzene rings is 2. The highest BCUT2D eigenvalue weighted by atomic mass is 35.5. The molecular weight excluding hydrogens is 368 g/mol. The Morgan fingerprint density at radius 3 is 2.54 bits per heavy atom. The summed E-state index contributed by atoms with van der Waals surface area (Å²) in [6.07, 6.45) is 0. The van der Waals surface area contributed by atoms with Crippen molar-refractivity contribution in [1.29, 1.82) is 0 Å². The first-order valence-corrected chi connectivity index (χ1v) is 7.66. The lowest BCUT2D eigenvalue weighted by Crippen LogP contribution is -2.16. The molecule has 2 aromatic carbocycles. The fraction of sp³-hybridized carbons (Fsp3) is 0.0588. The van der Waals surface area contributed by atoms with E-state index in [1.165, 1.54) is 0 Å². The van der Waals surface area contributed by atoms with E-state index in [9.17, 15) is 13.6 Å². The van der Waals surface area contributed by atoms with Gasteiger partial charge in [-0.2, -0.15) is 0 Å². The summed E-state index contributed by atoms with van der Waals surface area (Å²) in [7, 11) is 0. The third-order valence-corrected chi connectivity index (χ3v) is 3.72. The van der Waals surface area contributed by atoms with Crippen LogP contribution in [0.25, 0.3) is 11.3 Å². The molecule has 0 saturated carbocycles. The van der Waals surface area contributed by atoms with Gasteiger partial charge in [-0.1, -0.05) is 23.7 Å². The van der Waals surface area contributed by atoms with E-state index in [1.807, 2.05) is 0 Å². The van der Waals surface area contributed by atoms with Crippen molar-refractivity contribution in [2.24, 2.45) is 5.73 Å². The summed E-state index contributed by atoms with van der Waals surface area (Å²) in [6, 6.07) is 8.66. The highest BCUT2D eigenvalue weighted by molar-refractivity contribution is 6.30. The van der Waals surface area contributed by atoms with Gasteiger partial charge in [-0.25, -0.2) is 13.8 Å². The Hall–Kier alpha value is -3.13. The molecule has 0 unspecified atom stereocenters. The molecule has 3 rings (SSSR count). The van der Waals surface area contributed by atoms with E-state index < -0.39 is 23.1 Å². The predicted octanol–water partition coefficient (Wildman–Crippen LogP) is 3.53. The van der Waals surface area contributed by atoms with E-state index in [0.717, 1.165) is 12.1 Å². The molecule has 0 fully saturated rings. The van der Waals surface area contributed by atoms with Crippen LogP contribution in [0.4, 0.5) is 14.7 Å². The molecule has 1 amide bonds. The summed E-state index contributed by atoms with van der Waals surface area (Å²) in [5.41, 5.74) is 10.9. The fourth-order valence-corrected chi connectivity index (χ4v) is 2.39. The minimum Gasteiger partial charge on any atom is -0.481 e. The number of ether oxygens (including phenoxy) is 1. The second kappa shape index (κ2) is 7.01. The van der Waals surface area contributed by atoms with Gasteiger partial charge in [0.25, 0.3) is 5.91 Å². The van der Waals surface area contributed by atoms with Gasteiger partial charge in [0.05, 0.1) is 0 Å². The van der Waals surface area contributed by atoms with Crippen LogP contribution in [0.5, 0.6) is 5.75 Å². The molecule has 134 valence electrons. The van der Waals surface area contributed by atoms with Crippen LogP contribution in [0.2, 0.25) is 5.02 Å². The van der Waals surface area contributed by atoms with Crippen LogP contribution in [0.15, 0.2) is 40.8 Å². The molecule has 6 nitrogen and oxygen atoms in total. The number of rotatable bonds is 5. The number of hydrogen-bond acceptors (Lipinski definition) is 5. The van der Waals surface area contributed by atoms with Gasteiger partial charge in [0.1, 0.15) is 17.1 Å². The number of primary amides is 1. The number of aromatic nitrogens is 1. The first-order chi connectivity index (χ1) is 12.4. The zero-order chi connectivity index (χ0) is 18.8. The average Bonchev–Trinajstić information content (AvgIpc) is 2.95. The maximum atomic E-state index is 14.1. The largest absolute Gasteiger partial charge is 0.481 e. The molecule has 0 aliphatic rings. The Bertz CT molecular complexity index is 974. The fourth-order valence-electron chi connectivity index (χ4n) is 2.26. The summed E-state index contributed by atoms with van der Waals surface area (Å²) in [4.78, 5) is 15.3. The molecule has 0 spiro atoms. The Morgan fingerprint density at radius 1 is 1.19 bits per heavy atom.